The van der Waals surface area contributed by atoms with E-state index in [9.17, 15) is 4.79 Å². The van der Waals surface area contributed by atoms with Gasteiger partial charge >= 0.3 is 0 Å². The van der Waals surface area contributed by atoms with E-state index in [2.05, 4.69) is 5.16 Å². The second-order valence-corrected chi connectivity index (χ2v) is 4.53. The number of hydrogen-bond acceptors (Lipinski definition) is 6. The Morgan fingerprint density at radius 3 is 2.09 bits per heavy atom. The fourth-order valence-electron chi connectivity index (χ4n) is 2.03. The number of methoxy groups -OCH3 is 3. The molecule has 0 N–H and O–H groups in total. The van der Waals surface area contributed by atoms with Gasteiger partial charge in [-0.3, -0.25) is 4.79 Å². The molecular weight excluding hydrogens is 300 g/mol. The molecule has 1 aromatic rings. The van der Waals surface area contributed by atoms with Crippen LogP contribution in [-0.4, -0.2) is 58.0 Å². The lowest BCUT2D eigenvalue weighted by Crippen LogP contribution is -2.33. The number of rotatable bonds is 9. The van der Waals surface area contributed by atoms with Crippen LogP contribution >= 0.6 is 0 Å². The molecule has 1 rings (SSSR count). The van der Waals surface area contributed by atoms with Crippen molar-refractivity contribution in [2.24, 2.45) is 5.16 Å². The molecule has 7 nitrogen and oxygen atoms in total. The second kappa shape index (κ2) is 9.55. The van der Waals surface area contributed by atoms with Crippen molar-refractivity contribution in [1.82, 2.24) is 4.90 Å². The first-order valence-corrected chi connectivity index (χ1v) is 7.34. The normalized spacial score (nSPS) is 10.5. The van der Waals surface area contributed by atoms with Gasteiger partial charge in [-0.05, 0) is 26.0 Å². The molecular formula is C16H24N2O5. The van der Waals surface area contributed by atoms with Gasteiger partial charge in [0.2, 0.25) is 5.75 Å². The highest BCUT2D eigenvalue weighted by molar-refractivity contribution is 5.82. The molecule has 0 atom stereocenters. The summed E-state index contributed by atoms with van der Waals surface area (Å²) < 4.78 is 15.8. The van der Waals surface area contributed by atoms with Gasteiger partial charge in [-0.2, -0.15) is 0 Å². The van der Waals surface area contributed by atoms with Gasteiger partial charge in [0.05, 0.1) is 27.5 Å². The lowest BCUT2D eigenvalue weighted by Gasteiger charge is -2.17. The Labute approximate surface area is 136 Å². The standard InChI is InChI=1S/C16H24N2O5/c1-6-18(7-2)15(19)11-23-17-10-12-8-13(20-3)16(22-5)14(9-12)21-4/h8-10H,6-7,11H2,1-5H3/b17-10-. The van der Waals surface area contributed by atoms with Crippen molar-refractivity contribution in [1.29, 1.82) is 0 Å². The number of oxime groups is 1. The van der Waals surface area contributed by atoms with Gasteiger partial charge in [0.15, 0.2) is 18.1 Å². The molecule has 1 aromatic carbocycles. The fraction of sp³-hybridized carbons (Fsp3) is 0.500. The van der Waals surface area contributed by atoms with Gasteiger partial charge in [-0.15, -0.1) is 0 Å². The first-order chi connectivity index (χ1) is 11.1. The summed E-state index contributed by atoms with van der Waals surface area (Å²) in [7, 11) is 4.62. The van der Waals surface area contributed by atoms with Gasteiger partial charge in [-0.1, -0.05) is 5.16 Å². The van der Waals surface area contributed by atoms with E-state index in [0.29, 0.717) is 35.9 Å². The zero-order valence-electron chi connectivity index (χ0n) is 14.3. The van der Waals surface area contributed by atoms with Crippen molar-refractivity contribution in [3.8, 4) is 17.2 Å². The third-order valence-electron chi connectivity index (χ3n) is 3.27. The van der Waals surface area contributed by atoms with Gasteiger partial charge in [-0.25, -0.2) is 0 Å². The molecule has 23 heavy (non-hydrogen) atoms. The number of hydrogen-bond donors (Lipinski definition) is 0. The largest absolute Gasteiger partial charge is 0.493 e. The van der Waals surface area contributed by atoms with Crippen LogP contribution in [0, 0.1) is 0 Å². The molecule has 0 aliphatic rings. The zero-order valence-corrected chi connectivity index (χ0v) is 14.3. The third kappa shape index (κ3) is 5.05. The van der Waals surface area contributed by atoms with Crippen LogP contribution in [0.1, 0.15) is 19.4 Å². The van der Waals surface area contributed by atoms with Crippen LogP contribution < -0.4 is 14.2 Å². The van der Waals surface area contributed by atoms with Gasteiger partial charge in [0, 0.05) is 18.7 Å². The number of benzene rings is 1. The Bertz CT molecular complexity index is 516. The van der Waals surface area contributed by atoms with E-state index in [-0.39, 0.29) is 12.5 Å². The molecule has 0 aromatic heterocycles. The monoisotopic (exact) mass is 324 g/mol. The smallest absolute Gasteiger partial charge is 0.263 e. The first-order valence-electron chi connectivity index (χ1n) is 7.34. The van der Waals surface area contributed by atoms with Crippen molar-refractivity contribution in [2.45, 2.75) is 13.8 Å². The molecule has 0 spiro atoms. The van der Waals surface area contributed by atoms with E-state index in [1.807, 2.05) is 13.8 Å². The van der Waals surface area contributed by atoms with Crippen molar-refractivity contribution in [2.75, 3.05) is 41.0 Å². The summed E-state index contributed by atoms with van der Waals surface area (Å²) in [6.45, 7) is 5.04. The quantitative estimate of drug-likeness (QED) is 0.513. The maximum Gasteiger partial charge on any atom is 0.263 e. The van der Waals surface area contributed by atoms with Gasteiger partial charge in [0.25, 0.3) is 5.91 Å². The van der Waals surface area contributed by atoms with Crippen molar-refractivity contribution in [3.05, 3.63) is 17.7 Å². The maximum atomic E-state index is 11.8. The molecule has 0 aliphatic carbocycles. The lowest BCUT2D eigenvalue weighted by molar-refractivity contribution is -0.135. The number of carbonyl (C=O) groups excluding carboxylic acids is 1. The molecule has 128 valence electrons. The third-order valence-corrected chi connectivity index (χ3v) is 3.27. The Kier molecular flexibility index (Phi) is 7.73. The van der Waals surface area contributed by atoms with Gasteiger partial charge < -0.3 is 23.9 Å². The summed E-state index contributed by atoms with van der Waals surface area (Å²) in [5.41, 5.74) is 0.704. The second-order valence-electron chi connectivity index (χ2n) is 4.53. The Hall–Kier alpha value is -2.44. The highest BCUT2D eigenvalue weighted by Gasteiger charge is 2.12. The van der Waals surface area contributed by atoms with Crippen molar-refractivity contribution < 1.29 is 23.8 Å². The predicted octanol–water partition coefficient (Wildman–Crippen LogP) is 1.93. The zero-order chi connectivity index (χ0) is 17.2. The molecule has 0 bridgehead atoms. The topological polar surface area (TPSA) is 69.6 Å². The van der Waals surface area contributed by atoms with Crippen LogP contribution in [0.5, 0.6) is 17.2 Å². The summed E-state index contributed by atoms with van der Waals surface area (Å²) in [4.78, 5) is 18.5. The van der Waals surface area contributed by atoms with Crippen LogP contribution in [0.3, 0.4) is 0 Å². The first kappa shape index (κ1) is 18.6. The van der Waals surface area contributed by atoms with Crippen LogP contribution in [-0.2, 0) is 9.63 Å². The van der Waals surface area contributed by atoms with E-state index in [1.165, 1.54) is 27.5 Å². The number of likely N-dealkylation sites (N-methyl/N-ethyl adjacent to an activating group) is 1. The molecule has 0 radical (unpaired) electrons. The average molecular weight is 324 g/mol. The van der Waals surface area contributed by atoms with E-state index in [0.717, 1.165) is 0 Å². The van der Waals surface area contributed by atoms with E-state index in [1.54, 1.807) is 17.0 Å². The van der Waals surface area contributed by atoms with Crippen LogP contribution in [0.15, 0.2) is 17.3 Å². The molecule has 0 fully saturated rings. The summed E-state index contributed by atoms with van der Waals surface area (Å²) in [5, 5.41) is 3.81. The molecule has 0 aliphatic heterocycles. The molecule has 0 saturated carbocycles. The SMILES string of the molecule is CCN(CC)C(=O)CO/N=C\c1cc(OC)c(OC)c(OC)c1. The fourth-order valence-corrected chi connectivity index (χ4v) is 2.03. The van der Waals surface area contributed by atoms with Gasteiger partial charge in [0.1, 0.15) is 0 Å². The summed E-state index contributed by atoms with van der Waals surface area (Å²) in [6.07, 6.45) is 1.49. The molecule has 0 heterocycles. The summed E-state index contributed by atoms with van der Waals surface area (Å²) in [6, 6.07) is 3.47. The highest BCUT2D eigenvalue weighted by Crippen LogP contribution is 2.37. The number of carbonyl (C=O) groups is 1. The minimum atomic E-state index is -0.1000. The van der Waals surface area contributed by atoms with Crippen LogP contribution in [0.25, 0.3) is 0 Å². The maximum absolute atomic E-state index is 11.8. The Morgan fingerprint density at radius 2 is 1.65 bits per heavy atom. The van der Waals surface area contributed by atoms with Crippen LogP contribution in [0.4, 0.5) is 0 Å². The number of amides is 1. The van der Waals surface area contributed by atoms with Crippen molar-refractivity contribution in [3.63, 3.8) is 0 Å². The Balaban J connectivity index is 2.75. The summed E-state index contributed by atoms with van der Waals surface area (Å²) in [5.74, 6) is 1.45. The molecule has 0 unspecified atom stereocenters. The number of ether oxygens (including phenoxy) is 3. The molecule has 7 heteroatoms. The lowest BCUT2D eigenvalue weighted by atomic mass is 10.2. The van der Waals surface area contributed by atoms with E-state index < -0.39 is 0 Å². The molecule has 0 saturated heterocycles. The molecule has 1 amide bonds. The summed E-state index contributed by atoms with van der Waals surface area (Å²) >= 11 is 0. The van der Waals surface area contributed by atoms with Crippen molar-refractivity contribution >= 4 is 12.1 Å². The van der Waals surface area contributed by atoms with E-state index in [4.69, 9.17) is 19.0 Å². The number of nitrogens with zero attached hydrogens (tertiary/aromatic N) is 2. The predicted molar refractivity (Wildman–Crippen MR) is 87.6 cm³/mol. The Morgan fingerprint density at radius 1 is 1.09 bits per heavy atom. The van der Waals surface area contributed by atoms with E-state index >= 15 is 0 Å². The average Bonchev–Trinajstić information content (AvgIpc) is 2.58. The van der Waals surface area contributed by atoms with Crippen LogP contribution in [0.2, 0.25) is 0 Å². The minimum Gasteiger partial charge on any atom is -0.493 e. The minimum absolute atomic E-state index is 0.0946. The highest BCUT2D eigenvalue weighted by atomic mass is 16.6.